The number of rotatable bonds is 5. The van der Waals surface area contributed by atoms with Gasteiger partial charge >= 0.3 is 5.97 Å². The van der Waals surface area contributed by atoms with E-state index in [1.54, 1.807) is 0 Å². The molecule has 16 heavy (non-hydrogen) atoms. The molecule has 0 saturated heterocycles. The van der Waals surface area contributed by atoms with E-state index in [2.05, 4.69) is 13.8 Å². The predicted octanol–water partition coefficient (Wildman–Crippen LogP) is 2.48. The third-order valence-corrected chi connectivity index (χ3v) is 3.56. The molecule has 0 bridgehead atoms. The van der Waals surface area contributed by atoms with Gasteiger partial charge in [-0.05, 0) is 31.6 Å². The average Bonchev–Trinajstić information content (AvgIpc) is 2.29. The molecule has 3 heteroatoms. The summed E-state index contributed by atoms with van der Waals surface area (Å²) in [6.45, 7) is 4.65. The van der Waals surface area contributed by atoms with Gasteiger partial charge < -0.3 is 10.5 Å². The fourth-order valence-electron chi connectivity index (χ4n) is 2.38. The van der Waals surface area contributed by atoms with Gasteiger partial charge in [0.1, 0.15) is 6.10 Å². The number of carbonyl (C=O) groups is 1. The summed E-state index contributed by atoms with van der Waals surface area (Å²) in [5.74, 6) is 0.333. The monoisotopic (exact) mass is 227 g/mol. The van der Waals surface area contributed by atoms with E-state index >= 15 is 0 Å². The maximum atomic E-state index is 11.9. The van der Waals surface area contributed by atoms with Crippen LogP contribution >= 0.6 is 0 Å². The quantitative estimate of drug-likeness (QED) is 0.734. The molecular formula is C13H25NO2. The van der Waals surface area contributed by atoms with Gasteiger partial charge in [0.05, 0.1) is 5.92 Å². The van der Waals surface area contributed by atoms with Crippen LogP contribution in [-0.2, 0) is 9.53 Å². The smallest absolute Gasteiger partial charge is 0.310 e. The van der Waals surface area contributed by atoms with Gasteiger partial charge in [0.2, 0.25) is 0 Å². The number of hydrogen-bond donors (Lipinski definition) is 1. The molecule has 3 unspecified atom stereocenters. The van der Waals surface area contributed by atoms with Gasteiger partial charge in [0.15, 0.2) is 0 Å². The van der Waals surface area contributed by atoms with Crippen molar-refractivity contribution in [2.24, 2.45) is 17.6 Å². The lowest BCUT2D eigenvalue weighted by atomic mass is 9.88. The fourth-order valence-corrected chi connectivity index (χ4v) is 2.38. The van der Waals surface area contributed by atoms with Gasteiger partial charge in [-0.25, -0.2) is 0 Å². The maximum Gasteiger partial charge on any atom is 0.310 e. The van der Waals surface area contributed by atoms with Crippen molar-refractivity contribution < 1.29 is 9.53 Å². The predicted molar refractivity (Wildman–Crippen MR) is 65.0 cm³/mol. The van der Waals surface area contributed by atoms with Crippen molar-refractivity contribution in [1.29, 1.82) is 0 Å². The van der Waals surface area contributed by atoms with Gasteiger partial charge in [0.25, 0.3) is 0 Å². The van der Waals surface area contributed by atoms with E-state index in [0.29, 0.717) is 12.5 Å². The van der Waals surface area contributed by atoms with E-state index < -0.39 is 0 Å². The molecule has 2 N–H and O–H groups in total. The molecule has 3 atom stereocenters. The van der Waals surface area contributed by atoms with Crippen molar-refractivity contribution in [3.05, 3.63) is 0 Å². The highest BCUT2D eigenvalue weighted by molar-refractivity contribution is 5.72. The zero-order valence-corrected chi connectivity index (χ0v) is 10.6. The number of nitrogens with two attached hydrogens (primary N) is 1. The van der Waals surface area contributed by atoms with Crippen LogP contribution < -0.4 is 5.73 Å². The first-order valence-electron chi connectivity index (χ1n) is 6.59. The van der Waals surface area contributed by atoms with Crippen molar-refractivity contribution in [3.63, 3.8) is 0 Å². The Labute approximate surface area is 98.7 Å². The fraction of sp³-hybridized carbons (Fsp3) is 0.923. The minimum Gasteiger partial charge on any atom is -0.462 e. The highest BCUT2D eigenvalue weighted by Gasteiger charge is 2.27. The SMILES string of the molecule is CCCC(CN)C(=O)OC1CCCCC1C. The lowest BCUT2D eigenvalue weighted by Gasteiger charge is -2.29. The molecule has 1 aliphatic carbocycles. The van der Waals surface area contributed by atoms with E-state index in [1.807, 2.05) is 0 Å². The highest BCUT2D eigenvalue weighted by Crippen LogP contribution is 2.27. The summed E-state index contributed by atoms with van der Waals surface area (Å²) in [5, 5.41) is 0. The lowest BCUT2D eigenvalue weighted by molar-refractivity contribution is -0.158. The number of esters is 1. The highest BCUT2D eigenvalue weighted by atomic mass is 16.5. The van der Waals surface area contributed by atoms with Gasteiger partial charge in [-0.1, -0.05) is 26.7 Å². The Morgan fingerprint density at radius 2 is 2.12 bits per heavy atom. The van der Waals surface area contributed by atoms with Crippen LogP contribution in [0.4, 0.5) is 0 Å². The second-order valence-corrected chi connectivity index (χ2v) is 4.96. The minimum absolute atomic E-state index is 0.0805. The van der Waals surface area contributed by atoms with Crippen molar-refractivity contribution >= 4 is 5.97 Å². The van der Waals surface area contributed by atoms with Crippen LogP contribution in [0.2, 0.25) is 0 Å². The molecule has 0 heterocycles. The van der Waals surface area contributed by atoms with Gasteiger partial charge in [-0.15, -0.1) is 0 Å². The number of hydrogen-bond acceptors (Lipinski definition) is 3. The molecule has 3 nitrogen and oxygen atoms in total. The number of carbonyl (C=O) groups excluding carboxylic acids is 1. The summed E-state index contributed by atoms with van der Waals surface area (Å²) >= 11 is 0. The standard InChI is InChI=1S/C13H25NO2/c1-3-6-11(9-14)13(15)16-12-8-5-4-7-10(12)2/h10-12H,3-9,14H2,1-2H3. The lowest BCUT2D eigenvalue weighted by Crippen LogP contribution is -2.33. The second kappa shape index (κ2) is 6.89. The molecule has 0 aromatic carbocycles. The first-order chi connectivity index (χ1) is 7.69. The van der Waals surface area contributed by atoms with E-state index in [-0.39, 0.29) is 18.0 Å². The van der Waals surface area contributed by atoms with Crippen molar-refractivity contribution in [3.8, 4) is 0 Å². The molecule has 1 aliphatic rings. The third kappa shape index (κ3) is 3.78. The topological polar surface area (TPSA) is 52.3 Å². The molecule has 0 spiro atoms. The maximum absolute atomic E-state index is 11.9. The zero-order valence-electron chi connectivity index (χ0n) is 10.6. The Balaban J connectivity index is 2.41. The summed E-state index contributed by atoms with van der Waals surface area (Å²) in [6.07, 6.45) is 6.61. The van der Waals surface area contributed by atoms with Gasteiger partial charge in [-0.3, -0.25) is 4.79 Å². The largest absolute Gasteiger partial charge is 0.462 e. The van der Waals surface area contributed by atoms with Crippen LogP contribution in [0.3, 0.4) is 0 Å². The zero-order chi connectivity index (χ0) is 12.0. The molecule has 0 aliphatic heterocycles. The Morgan fingerprint density at radius 1 is 1.44 bits per heavy atom. The van der Waals surface area contributed by atoms with Crippen molar-refractivity contribution in [1.82, 2.24) is 0 Å². The van der Waals surface area contributed by atoms with Crippen molar-refractivity contribution in [2.75, 3.05) is 6.54 Å². The van der Waals surface area contributed by atoms with Crippen LogP contribution in [0.5, 0.6) is 0 Å². The second-order valence-electron chi connectivity index (χ2n) is 4.96. The summed E-state index contributed by atoms with van der Waals surface area (Å²) < 4.78 is 5.59. The van der Waals surface area contributed by atoms with Crippen LogP contribution in [0, 0.1) is 11.8 Å². The first kappa shape index (κ1) is 13.5. The van der Waals surface area contributed by atoms with E-state index in [9.17, 15) is 4.79 Å². The van der Waals surface area contributed by atoms with Crippen LogP contribution in [0.1, 0.15) is 52.4 Å². The Bertz CT molecular complexity index is 218. The first-order valence-corrected chi connectivity index (χ1v) is 6.59. The summed E-state index contributed by atoms with van der Waals surface area (Å²) in [4.78, 5) is 11.9. The molecule has 94 valence electrons. The molecular weight excluding hydrogens is 202 g/mol. The Morgan fingerprint density at radius 3 is 2.69 bits per heavy atom. The molecule has 0 radical (unpaired) electrons. The normalized spacial score (nSPS) is 27.4. The summed E-state index contributed by atoms with van der Waals surface area (Å²) in [6, 6.07) is 0. The van der Waals surface area contributed by atoms with Crippen LogP contribution in [0.15, 0.2) is 0 Å². The van der Waals surface area contributed by atoms with E-state index in [1.165, 1.54) is 19.3 Å². The van der Waals surface area contributed by atoms with Gasteiger partial charge in [-0.2, -0.15) is 0 Å². The van der Waals surface area contributed by atoms with Gasteiger partial charge in [0, 0.05) is 6.54 Å². The van der Waals surface area contributed by atoms with Crippen LogP contribution in [0.25, 0.3) is 0 Å². The van der Waals surface area contributed by atoms with Crippen LogP contribution in [-0.4, -0.2) is 18.6 Å². The Kier molecular flexibility index (Phi) is 5.81. The number of ether oxygens (including phenoxy) is 1. The molecule has 1 rings (SSSR count). The summed E-state index contributed by atoms with van der Waals surface area (Å²) in [5.41, 5.74) is 5.60. The molecule has 1 saturated carbocycles. The van der Waals surface area contributed by atoms with Crippen molar-refractivity contribution in [2.45, 2.75) is 58.5 Å². The minimum atomic E-state index is -0.0980. The third-order valence-electron chi connectivity index (χ3n) is 3.56. The van der Waals surface area contributed by atoms with E-state index in [4.69, 9.17) is 10.5 Å². The molecule has 1 fully saturated rings. The Hall–Kier alpha value is -0.570. The molecule has 0 aromatic rings. The molecule has 0 amide bonds. The molecule has 0 aromatic heterocycles. The van der Waals surface area contributed by atoms with E-state index in [0.717, 1.165) is 19.3 Å². The average molecular weight is 227 g/mol. The summed E-state index contributed by atoms with van der Waals surface area (Å²) in [7, 11) is 0.